The van der Waals surface area contributed by atoms with E-state index in [9.17, 15) is 0 Å². The molecule has 0 aliphatic heterocycles. The Hall–Kier alpha value is -0.0500. The highest BCUT2D eigenvalue weighted by Gasteiger charge is 2.39. The van der Waals surface area contributed by atoms with Crippen molar-refractivity contribution in [2.45, 2.75) is 94.8 Å². The molecule has 128 valence electrons. The largest absolute Gasteiger partial charge is 0.0789 e. The van der Waals surface area contributed by atoms with Crippen LogP contribution in [0.25, 0.3) is 0 Å². The van der Waals surface area contributed by atoms with Gasteiger partial charge in [-0.1, -0.05) is 48.1 Å². The van der Waals surface area contributed by atoms with Crippen molar-refractivity contribution in [1.29, 1.82) is 0 Å². The monoisotopic (exact) mass is 424 g/mol. The lowest BCUT2D eigenvalue weighted by Crippen LogP contribution is -2.03. The van der Waals surface area contributed by atoms with E-state index in [2.05, 4.69) is 55.5 Å². The predicted octanol–water partition coefficient (Wildman–Crippen LogP) is 7.11. The Morgan fingerprint density at radius 3 is 1.83 bits per heavy atom. The zero-order chi connectivity index (χ0) is 16.5. The Morgan fingerprint density at radius 1 is 0.870 bits per heavy atom. The molecular formula is C22H33I. The van der Waals surface area contributed by atoms with Gasteiger partial charge in [0.05, 0.1) is 0 Å². The fourth-order valence-corrected chi connectivity index (χ4v) is 4.72. The van der Waals surface area contributed by atoms with E-state index in [-0.39, 0.29) is 0 Å². The van der Waals surface area contributed by atoms with Gasteiger partial charge in [-0.05, 0) is 106 Å². The Morgan fingerprint density at radius 2 is 1.39 bits per heavy atom. The maximum Gasteiger partial charge on any atom is 0.0223 e. The van der Waals surface area contributed by atoms with E-state index >= 15 is 0 Å². The van der Waals surface area contributed by atoms with Crippen LogP contribution in [0.5, 0.6) is 0 Å². The van der Waals surface area contributed by atoms with Crippen molar-refractivity contribution >= 4 is 22.6 Å². The summed E-state index contributed by atoms with van der Waals surface area (Å²) < 4.78 is 0.679. The van der Waals surface area contributed by atoms with Gasteiger partial charge >= 0.3 is 0 Å². The number of halogens is 1. The molecule has 1 aromatic carbocycles. The molecule has 0 N–H and O–H groups in total. The zero-order valence-corrected chi connectivity index (χ0v) is 17.5. The fraction of sp³-hybridized carbons (Fsp3) is 0.727. The van der Waals surface area contributed by atoms with Gasteiger partial charge in [0.2, 0.25) is 0 Å². The molecule has 3 rings (SSSR count). The molecule has 0 saturated heterocycles. The third-order valence-electron chi connectivity index (χ3n) is 6.74. The SMILES string of the molecule is CCC1(CCCc2ccc(CCCC3(I)CC3)c(C)c2C)CC1. The molecule has 0 bridgehead atoms. The highest BCUT2D eigenvalue weighted by atomic mass is 127. The Balaban J connectivity index is 1.52. The van der Waals surface area contributed by atoms with Crippen molar-refractivity contribution in [1.82, 2.24) is 0 Å². The molecule has 0 radical (unpaired) electrons. The van der Waals surface area contributed by atoms with Gasteiger partial charge in [0.25, 0.3) is 0 Å². The summed E-state index contributed by atoms with van der Waals surface area (Å²) in [7, 11) is 0. The van der Waals surface area contributed by atoms with Crippen LogP contribution in [-0.2, 0) is 12.8 Å². The summed E-state index contributed by atoms with van der Waals surface area (Å²) in [5.41, 5.74) is 7.09. The van der Waals surface area contributed by atoms with E-state index in [4.69, 9.17) is 0 Å². The van der Waals surface area contributed by atoms with Crippen molar-refractivity contribution in [2.24, 2.45) is 5.41 Å². The van der Waals surface area contributed by atoms with Gasteiger partial charge in [0.15, 0.2) is 0 Å². The Kier molecular flexibility index (Phi) is 5.45. The first-order valence-corrected chi connectivity index (χ1v) is 10.8. The molecule has 23 heavy (non-hydrogen) atoms. The molecular weight excluding hydrogens is 391 g/mol. The molecule has 0 spiro atoms. The molecule has 1 heteroatoms. The molecule has 2 saturated carbocycles. The quantitative estimate of drug-likeness (QED) is 0.293. The van der Waals surface area contributed by atoms with E-state index in [0.29, 0.717) is 3.42 Å². The lowest BCUT2D eigenvalue weighted by atomic mass is 9.90. The van der Waals surface area contributed by atoms with Gasteiger partial charge in [-0.15, -0.1) is 0 Å². The van der Waals surface area contributed by atoms with Crippen molar-refractivity contribution in [2.75, 3.05) is 0 Å². The Labute approximate surface area is 157 Å². The standard InChI is InChI=1S/C22H33I/c1-4-21(13-14-21)11-5-7-19-9-10-20(18(3)17(19)2)8-6-12-22(23)15-16-22/h9-10H,4-8,11-16H2,1-3H3. The maximum atomic E-state index is 2.68. The number of hydrogen-bond donors (Lipinski definition) is 0. The number of aryl methyl sites for hydroxylation is 2. The first-order valence-electron chi connectivity index (χ1n) is 9.74. The molecule has 2 aliphatic carbocycles. The second kappa shape index (κ2) is 7.06. The summed E-state index contributed by atoms with van der Waals surface area (Å²) in [4.78, 5) is 0. The summed E-state index contributed by atoms with van der Waals surface area (Å²) in [6.45, 7) is 7.07. The van der Waals surface area contributed by atoms with Crippen LogP contribution in [0.15, 0.2) is 12.1 Å². The van der Waals surface area contributed by atoms with Gasteiger partial charge in [-0.3, -0.25) is 0 Å². The normalized spacial score (nSPS) is 20.5. The van der Waals surface area contributed by atoms with Crippen LogP contribution in [0.4, 0.5) is 0 Å². The molecule has 2 aliphatic rings. The number of benzene rings is 1. The fourth-order valence-electron chi connectivity index (χ4n) is 4.07. The number of rotatable bonds is 9. The van der Waals surface area contributed by atoms with E-state index < -0.39 is 0 Å². The van der Waals surface area contributed by atoms with Crippen molar-refractivity contribution in [3.05, 3.63) is 34.4 Å². The van der Waals surface area contributed by atoms with Gasteiger partial charge in [-0.25, -0.2) is 0 Å². The molecule has 2 fully saturated rings. The zero-order valence-electron chi connectivity index (χ0n) is 15.3. The third-order valence-corrected chi connectivity index (χ3v) is 8.35. The van der Waals surface area contributed by atoms with E-state index in [0.717, 1.165) is 5.41 Å². The smallest absolute Gasteiger partial charge is 0.0223 e. The molecule has 0 heterocycles. The lowest BCUT2D eigenvalue weighted by molar-refractivity contribution is 0.433. The average molecular weight is 424 g/mol. The van der Waals surface area contributed by atoms with Crippen molar-refractivity contribution in [3.63, 3.8) is 0 Å². The molecule has 0 atom stereocenters. The van der Waals surface area contributed by atoms with E-state index in [1.54, 1.807) is 22.3 Å². The van der Waals surface area contributed by atoms with Gasteiger partial charge in [-0.2, -0.15) is 0 Å². The van der Waals surface area contributed by atoms with Crippen molar-refractivity contribution < 1.29 is 0 Å². The van der Waals surface area contributed by atoms with E-state index in [1.165, 1.54) is 70.6 Å². The average Bonchev–Trinajstić information content (AvgIpc) is 3.45. The van der Waals surface area contributed by atoms with Crippen LogP contribution in [0.1, 0.15) is 87.0 Å². The lowest BCUT2D eigenvalue weighted by Gasteiger charge is -2.16. The van der Waals surface area contributed by atoms with Crippen LogP contribution in [0, 0.1) is 19.3 Å². The van der Waals surface area contributed by atoms with Gasteiger partial charge < -0.3 is 0 Å². The molecule has 0 nitrogen and oxygen atoms in total. The van der Waals surface area contributed by atoms with E-state index in [1.807, 2.05) is 0 Å². The maximum absolute atomic E-state index is 2.68. The second-order valence-corrected chi connectivity index (χ2v) is 10.6. The van der Waals surface area contributed by atoms with Crippen molar-refractivity contribution in [3.8, 4) is 0 Å². The highest BCUT2D eigenvalue weighted by Crippen LogP contribution is 2.52. The minimum atomic E-state index is 0.679. The first kappa shape index (κ1) is 17.8. The molecule has 1 aromatic rings. The second-order valence-electron chi connectivity index (χ2n) is 8.35. The molecule has 0 amide bonds. The topological polar surface area (TPSA) is 0 Å². The van der Waals surface area contributed by atoms with Crippen LogP contribution >= 0.6 is 22.6 Å². The van der Waals surface area contributed by atoms with Crippen LogP contribution < -0.4 is 0 Å². The summed E-state index contributed by atoms with van der Waals surface area (Å²) in [5, 5.41) is 0. The van der Waals surface area contributed by atoms with Crippen LogP contribution in [0.3, 0.4) is 0 Å². The summed E-state index contributed by atoms with van der Waals surface area (Å²) in [5.74, 6) is 0. The van der Waals surface area contributed by atoms with Crippen LogP contribution in [0.2, 0.25) is 0 Å². The summed E-state index contributed by atoms with van der Waals surface area (Å²) in [6.07, 6.45) is 15.4. The summed E-state index contributed by atoms with van der Waals surface area (Å²) in [6, 6.07) is 4.86. The number of hydrogen-bond acceptors (Lipinski definition) is 0. The summed E-state index contributed by atoms with van der Waals surface area (Å²) >= 11 is 2.68. The molecule has 0 unspecified atom stereocenters. The third kappa shape index (κ3) is 4.52. The minimum Gasteiger partial charge on any atom is -0.0789 e. The first-order chi connectivity index (χ1) is 11.0. The number of alkyl halides is 1. The molecule has 0 aromatic heterocycles. The Bertz CT molecular complexity index is 549. The highest BCUT2D eigenvalue weighted by molar-refractivity contribution is 14.1. The minimum absolute atomic E-state index is 0.679. The van der Waals surface area contributed by atoms with Crippen LogP contribution in [-0.4, -0.2) is 3.42 Å². The predicted molar refractivity (Wildman–Crippen MR) is 110 cm³/mol. The van der Waals surface area contributed by atoms with Gasteiger partial charge in [0.1, 0.15) is 0 Å². The van der Waals surface area contributed by atoms with Gasteiger partial charge in [0, 0.05) is 3.42 Å².